The average Bonchev–Trinajstić information content (AvgIpc) is 3.11. The topological polar surface area (TPSA) is 98.7 Å². The van der Waals surface area contributed by atoms with Crippen molar-refractivity contribution in [3.63, 3.8) is 0 Å². The van der Waals surface area contributed by atoms with Gasteiger partial charge in [0.15, 0.2) is 0 Å². The van der Waals surface area contributed by atoms with Gasteiger partial charge in [-0.2, -0.15) is 13.2 Å². The summed E-state index contributed by atoms with van der Waals surface area (Å²) in [5.74, 6) is 0.222. The molecule has 0 bridgehead atoms. The maximum absolute atomic E-state index is 13.4. The molecule has 2 amide bonds. The molecular weight excluding hydrogens is 403 g/mol. The summed E-state index contributed by atoms with van der Waals surface area (Å²) in [6.07, 6.45) is -3.06. The number of amides is 2. The van der Waals surface area contributed by atoms with Crippen LogP contribution in [0, 0.1) is 11.3 Å². The van der Waals surface area contributed by atoms with Gasteiger partial charge in [0.05, 0.1) is 5.41 Å². The van der Waals surface area contributed by atoms with Crippen LogP contribution >= 0.6 is 0 Å². The van der Waals surface area contributed by atoms with Crippen LogP contribution in [0.4, 0.5) is 23.8 Å². The van der Waals surface area contributed by atoms with Gasteiger partial charge in [-0.3, -0.25) is 4.79 Å². The highest BCUT2D eigenvalue weighted by molar-refractivity contribution is 5.84. The van der Waals surface area contributed by atoms with E-state index in [0.29, 0.717) is 45.4 Å². The van der Waals surface area contributed by atoms with E-state index >= 15 is 0 Å². The first-order chi connectivity index (χ1) is 14.0. The Labute approximate surface area is 172 Å². The molecule has 2 aliphatic rings. The Morgan fingerprint density at radius 1 is 1.23 bits per heavy atom. The number of hydrogen-bond acceptors (Lipinski definition) is 5. The molecule has 1 saturated carbocycles. The predicted molar refractivity (Wildman–Crippen MR) is 102 cm³/mol. The van der Waals surface area contributed by atoms with Gasteiger partial charge in [-0.1, -0.05) is 13.8 Å². The molecule has 1 aromatic rings. The molecule has 11 heteroatoms. The molecule has 2 heterocycles. The molecular formula is C19H26F3N5O3. The minimum absolute atomic E-state index is 0.00879. The standard InChI is InChI=1S/C19H26F3N5O3/c1-12(2)18(4-3-13(10-18)25-17(29)30)16(28)27-7-5-26(6-8-27)15-9-14(19(20,21)22)23-11-24-15/h9,11-13,25H,3-8,10H2,1-2H3,(H,29,30)/t13-,18+/m1/s1. The summed E-state index contributed by atoms with van der Waals surface area (Å²) in [4.78, 5) is 35.0. The highest BCUT2D eigenvalue weighted by Gasteiger charge is 2.49. The number of anilines is 1. The Morgan fingerprint density at radius 3 is 2.47 bits per heavy atom. The summed E-state index contributed by atoms with van der Waals surface area (Å²) in [6.45, 7) is 5.41. The Morgan fingerprint density at radius 2 is 1.90 bits per heavy atom. The van der Waals surface area contributed by atoms with Crippen molar-refractivity contribution in [3.8, 4) is 0 Å². The lowest BCUT2D eigenvalue weighted by Gasteiger charge is -2.42. The molecule has 1 aliphatic heterocycles. The number of halogens is 3. The van der Waals surface area contributed by atoms with E-state index in [1.165, 1.54) is 0 Å². The quantitative estimate of drug-likeness (QED) is 0.764. The number of piperazine rings is 1. The van der Waals surface area contributed by atoms with E-state index in [0.717, 1.165) is 12.4 Å². The van der Waals surface area contributed by atoms with Gasteiger partial charge in [0.1, 0.15) is 17.8 Å². The first-order valence-corrected chi connectivity index (χ1v) is 9.96. The molecule has 2 atom stereocenters. The maximum Gasteiger partial charge on any atom is 0.433 e. The third-order valence-electron chi connectivity index (χ3n) is 6.24. The molecule has 1 aromatic heterocycles. The predicted octanol–water partition coefficient (Wildman–Crippen LogP) is 2.61. The Hall–Kier alpha value is -2.59. The molecule has 1 saturated heterocycles. The van der Waals surface area contributed by atoms with Crippen LogP contribution in [0.1, 0.15) is 38.8 Å². The number of hydrogen-bond donors (Lipinski definition) is 2. The van der Waals surface area contributed by atoms with Gasteiger partial charge < -0.3 is 20.2 Å². The summed E-state index contributed by atoms with van der Waals surface area (Å²) < 4.78 is 38.7. The van der Waals surface area contributed by atoms with Crippen molar-refractivity contribution in [1.29, 1.82) is 0 Å². The minimum Gasteiger partial charge on any atom is -0.465 e. The van der Waals surface area contributed by atoms with Crippen LogP contribution in [0.5, 0.6) is 0 Å². The van der Waals surface area contributed by atoms with Gasteiger partial charge in [0.25, 0.3) is 0 Å². The first kappa shape index (κ1) is 22.1. The van der Waals surface area contributed by atoms with E-state index in [-0.39, 0.29) is 23.7 Å². The highest BCUT2D eigenvalue weighted by Crippen LogP contribution is 2.46. The van der Waals surface area contributed by atoms with Crippen molar-refractivity contribution in [3.05, 3.63) is 18.1 Å². The van der Waals surface area contributed by atoms with E-state index < -0.39 is 23.4 Å². The molecule has 1 aliphatic carbocycles. The fourth-order valence-electron chi connectivity index (χ4n) is 4.47. The van der Waals surface area contributed by atoms with Gasteiger partial charge in [-0.05, 0) is 25.2 Å². The van der Waals surface area contributed by atoms with Crippen LogP contribution in [-0.4, -0.2) is 64.2 Å². The van der Waals surface area contributed by atoms with Gasteiger partial charge in [0.2, 0.25) is 5.91 Å². The second-order valence-corrected chi connectivity index (χ2v) is 8.24. The van der Waals surface area contributed by atoms with Crippen LogP contribution in [0.2, 0.25) is 0 Å². The van der Waals surface area contributed by atoms with Gasteiger partial charge in [-0.25, -0.2) is 14.8 Å². The zero-order chi connectivity index (χ0) is 22.1. The number of aromatic nitrogens is 2. The summed E-state index contributed by atoms with van der Waals surface area (Å²) >= 11 is 0. The number of alkyl halides is 3. The lowest BCUT2D eigenvalue weighted by molar-refractivity contribution is -0.145. The van der Waals surface area contributed by atoms with Crippen LogP contribution < -0.4 is 10.2 Å². The average molecular weight is 429 g/mol. The fraction of sp³-hybridized carbons (Fsp3) is 0.684. The molecule has 0 aromatic carbocycles. The third-order valence-corrected chi connectivity index (χ3v) is 6.24. The van der Waals surface area contributed by atoms with Crippen molar-refractivity contribution in [2.45, 2.75) is 45.3 Å². The van der Waals surface area contributed by atoms with Crippen LogP contribution in [0.25, 0.3) is 0 Å². The Balaban J connectivity index is 1.67. The normalized spacial score (nSPS) is 24.9. The number of nitrogens with one attached hydrogen (secondary N) is 1. The zero-order valence-electron chi connectivity index (χ0n) is 16.9. The summed E-state index contributed by atoms with van der Waals surface area (Å²) in [5, 5.41) is 11.5. The minimum atomic E-state index is -4.54. The molecule has 3 rings (SSSR count). The lowest BCUT2D eigenvalue weighted by Crippen LogP contribution is -2.54. The number of carbonyl (C=O) groups is 2. The number of carbonyl (C=O) groups excluding carboxylic acids is 1. The molecule has 30 heavy (non-hydrogen) atoms. The first-order valence-electron chi connectivity index (χ1n) is 9.96. The van der Waals surface area contributed by atoms with Gasteiger partial charge in [0, 0.05) is 38.3 Å². The largest absolute Gasteiger partial charge is 0.465 e. The molecule has 2 N–H and O–H groups in total. The van der Waals surface area contributed by atoms with Crippen molar-refractivity contribution in [1.82, 2.24) is 20.2 Å². The van der Waals surface area contributed by atoms with E-state index in [9.17, 15) is 22.8 Å². The number of nitrogens with zero attached hydrogens (tertiary/aromatic N) is 4. The number of rotatable bonds is 4. The summed E-state index contributed by atoms with van der Waals surface area (Å²) in [5.41, 5.74) is -1.62. The molecule has 0 radical (unpaired) electrons. The third kappa shape index (κ3) is 4.44. The zero-order valence-corrected chi connectivity index (χ0v) is 16.9. The van der Waals surface area contributed by atoms with Crippen LogP contribution in [0.3, 0.4) is 0 Å². The lowest BCUT2D eigenvalue weighted by atomic mass is 9.74. The Bertz CT molecular complexity index is 796. The smallest absolute Gasteiger partial charge is 0.433 e. The van der Waals surface area contributed by atoms with E-state index in [1.54, 1.807) is 9.80 Å². The van der Waals surface area contributed by atoms with Gasteiger partial charge in [-0.15, -0.1) is 0 Å². The van der Waals surface area contributed by atoms with E-state index in [1.807, 2.05) is 13.8 Å². The molecule has 0 spiro atoms. The van der Waals surface area contributed by atoms with Crippen LogP contribution in [0.15, 0.2) is 12.4 Å². The molecule has 166 valence electrons. The summed E-state index contributed by atoms with van der Waals surface area (Å²) in [6, 6.07) is 0.670. The van der Waals surface area contributed by atoms with E-state index in [4.69, 9.17) is 5.11 Å². The monoisotopic (exact) mass is 429 g/mol. The second kappa shape index (κ2) is 8.27. The van der Waals surface area contributed by atoms with Crippen molar-refractivity contribution < 1.29 is 27.9 Å². The Kier molecular flexibility index (Phi) is 6.09. The molecule has 8 nitrogen and oxygen atoms in total. The van der Waals surface area contributed by atoms with E-state index in [2.05, 4.69) is 15.3 Å². The number of carboxylic acid groups (broad SMARTS) is 1. The maximum atomic E-state index is 13.4. The van der Waals surface area contributed by atoms with Crippen LogP contribution in [-0.2, 0) is 11.0 Å². The SMILES string of the molecule is CC(C)[C@]1(C(=O)N2CCN(c3cc(C(F)(F)F)ncn3)CC2)CC[C@@H](NC(=O)O)C1. The molecule has 2 fully saturated rings. The van der Waals surface area contributed by atoms with Crippen molar-refractivity contribution in [2.75, 3.05) is 31.1 Å². The highest BCUT2D eigenvalue weighted by atomic mass is 19.4. The summed E-state index contributed by atoms with van der Waals surface area (Å²) in [7, 11) is 0. The van der Waals surface area contributed by atoms with Crippen molar-refractivity contribution >= 4 is 17.8 Å². The van der Waals surface area contributed by atoms with Crippen molar-refractivity contribution in [2.24, 2.45) is 11.3 Å². The molecule has 0 unspecified atom stereocenters. The second-order valence-electron chi connectivity index (χ2n) is 8.24. The fourth-order valence-corrected chi connectivity index (χ4v) is 4.47. The van der Waals surface area contributed by atoms with Gasteiger partial charge >= 0.3 is 12.3 Å².